The number of ether oxygens (including phenoxy) is 1. The number of aromatic hydroxyl groups is 2. The molecule has 1 heterocycles. The lowest BCUT2D eigenvalue weighted by molar-refractivity contribution is -0.132. The molecule has 35 heavy (non-hydrogen) atoms. The van der Waals surface area contributed by atoms with Crippen molar-refractivity contribution in [2.75, 3.05) is 12.0 Å². The van der Waals surface area contributed by atoms with Crippen LogP contribution < -0.4 is 9.64 Å². The predicted octanol–water partition coefficient (Wildman–Crippen LogP) is 5.03. The highest BCUT2D eigenvalue weighted by Crippen LogP contribution is 2.46. The van der Waals surface area contributed by atoms with Crippen LogP contribution in [0, 0.1) is 0 Å². The Labute approximate surface area is 203 Å². The molecular formula is C28H27NO6. The van der Waals surface area contributed by atoms with Gasteiger partial charge in [0.15, 0.2) is 0 Å². The number of nitrogens with zero attached hydrogens (tertiary/aromatic N) is 1. The fraction of sp³-hybridized carbons (Fsp3) is 0.214. The first kappa shape index (κ1) is 23.9. The van der Waals surface area contributed by atoms with Gasteiger partial charge in [0, 0.05) is 0 Å². The van der Waals surface area contributed by atoms with Gasteiger partial charge in [-0.1, -0.05) is 51.1 Å². The van der Waals surface area contributed by atoms with E-state index in [1.807, 2.05) is 26.8 Å². The normalized spacial score (nSPS) is 17.6. The maximum atomic E-state index is 13.4. The van der Waals surface area contributed by atoms with Crippen LogP contribution in [0.25, 0.3) is 5.76 Å². The zero-order chi connectivity index (χ0) is 25.5. The smallest absolute Gasteiger partial charge is 0.300 e. The quantitative estimate of drug-likeness (QED) is 0.279. The van der Waals surface area contributed by atoms with Gasteiger partial charge in [0.25, 0.3) is 11.7 Å². The van der Waals surface area contributed by atoms with Crippen molar-refractivity contribution >= 4 is 23.1 Å². The molecule has 0 aliphatic carbocycles. The lowest BCUT2D eigenvalue weighted by Gasteiger charge is -2.26. The topological polar surface area (TPSA) is 107 Å². The summed E-state index contributed by atoms with van der Waals surface area (Å²) >= 11 is 0. The number of carbonyl (C=O) groups is 2. The average Bonchev–Trinajstić information content (AvgIpc) is 3.08. The van der Waals surface area contributed by atoms with E-state index in [2.05, 4.69) is 0 Å². The van der Waals surface area contributed by atoms with E-state index >= 15 is 0 Å². The number of aliphatic hydroxyl groups is 1. The molecule has 1 atom stereocenters. The lowest BCUT2D eigenvalue weighted by atomic mass is 9.85. The van der Waals surface area contributed by atoms with Crippen LogP contribution in [0.4, 0.5) is 5.69 Å². The van der Waals surface area contributed by atoms with Gasteiger partial charge < -0.3 is 20.1 Å². The van der Waals surface area contributed by atoms with Gasteiger partial charge in [0.1, 0.15) is 23.0 Å². The summed E-state index contributed by atoms with van der Waals surface area (Å²) in [7, 11) is 1.45. The van der Waals surface area contributed by atoms with Crippen LogP contribution in [0.1, 0.15) is 43.5 Å². The number of carbonyl (C=O) groups excluding carboxylic acids is 2. The van der Waals surface area contributed by atoms with Gasteiger partial charge in [-0.15, -0.1) is 0 Å². The molecule has 7 heteroatoms. The Morgan fingerprint density at radius 2 is 1.66 bits per heavy atom. The van der Waals surface area contributed by atoms with E-state index in [-0.39, 0.29) is 33.7 Å². The predicted molar refractivity (Wildman–Crippen MR) is 133 cm³/mol. The molecule has 7 nitrogen and oxygen atoms in total. The number of ketones is 1. The molecule has 0 aromatic heterocycles. The fourth-order valence-corrected chi connectivity index (χ4v) is 4.26. The highest BCUT2D eigenvalue weighted by molar-refractivity contribution is 6.52. The molecular weight excluding hydrogens is 446 g/mol. The number of benzene rings is 3. The zero-order valence-corrected chi connectivity index (χ0v) is 19.9. The van der Waals surface area contributed by atoms with Crippen molar-refractivity contribution in [3.8, 4) is 17.2 Å². The third-order valence-corrected chi connectivity index (χ3v) is 6.09. The molecule has 0 saturated carbocycles. The SMILES string of the molecule is COc1ccc(C(C)(C)C)cc1/C(O)=C1\C(=O)C(=O)N(c2ccccc2O)C1c1cccc(O)c1. The van der Waals surface area contributed by atoms with Crippen LogP contribution in [0.3, 0.4) is 0 Å². The van der Waals surface area contributed by atoms with Crippen molar-refractivity contribution in [2.24, 2.45) is 0 Å². The molecule has 3 aromatic rings. The van der Waals surface area contributed by atoms with Gasteiger partial charge in [-0.2, -0.15) is 0 Å². The van der Waals surface area contributed by atoms with Crippen molar-refractivity contribution in [3.63, 3.8) is 0 Å². The first-order valence-corrected chi connectivity index (χ1v) is 11.1. The molecule has 180 valence electrons. The molecule has 1 saturated heterocycles. The maximum absolute atomic E-state index is 13.4. The standard InChI is InChI=1S/C28H27NO6/c1-28(2,3)17-12-13-22(35-4)19(15-17)25(32)23-24(16-8-7-9-18(30)14-16)29(27(34)26(23)33)20-10-5-6-11-21(20)31/h5-15,24,30-32H,1-4H3/b25-23+. The largest absolute Gasteiger partial charge is 0.508 e. The van der Waals surface area contributed by atoms with E-state index in [1.54, 1.807) is 36.4 Å². The second kappa shape index (κ2) is 8.83. The van der Waals surface area contributed by atoms with Gasteiger partial charge in [0.05, 0.1) is 30.0 Å². The number of rotatable bonds is 4. The minimum atomic E-state index is -1.10. The summed E-state index contributed by atoms with van der Waals surface area (Å²) in [5, 5.41) is 32.1. The van der Waals surface area contributed by atoms with E-state index < -0.39 is 23.5 Å². The Bertz CT molecular complexity index is 1350. The van der Waals surface area contributed by atoms with Gasteiger partial charge in [-0.25, -0.2) is 0 Å². The maximum Gasteiger partial charge on any atom is 0.300 e. The first-order valence-electron chi connectivity index (χ1n) is 11.1. The summed E-state index contributed by atoms with van der Waals surface area (Å²) < 4.78 is 5.46. The van der Waals surface area contributed by atoms with E-state index in [0.29, 0.717) is 11.3 Å². The zero-order valence-electron chi connectivity index (χ0n) is 19.9. The number of para-hydroxylation sites is 2. The first-order chi connectivity index (χ1) is 16.5. The second-order valence-corrected chi connectivity index (χ2v) is 9.42. The molecule has 0 spiro atoms. The lowest BCUT2D eigenvalue weighted by Crippen LogP contribution is -2.29. The van der Waals surface area contributed by atoms with Crippen molar-refractivity contribution in [1.29, 1.82) is 0 Å². The second-order valence-electron chi connectivity index (χ2n) is 9.42. The van der Waals surface area contributed by atoms with Gasteiger partial charge in [-0.05, 0) is 52.9 Å². The minimum Gasteiger partial charge on any atom is -0.508 e. The number of amides is 1. The summed E-state index contributed by atoms with van der Waals surface area (Å²) in [4.78, 5) is 27.8. The molecule has 4 rings (SSSR count). The number of phenols is 2. The Balaban J connectivity index is 2.02. The highest BCUT2D eigenvalue weighted by atomic mass is 16.5. The summed E-state index contributed by atoms with van der Waals surface area (Å²) in [6, 6.07) is 16.5. The van der Waals surface area contributed by atoms with Crippen LogP contribution in [-0.2, 0) is 15.0 Å². The third-order valence-electron chi connectivity index (χ3n) is 6.09. The molecule has 3 N–H and O–H groups in total. The summed E-state index contributed by atoms with van der Waals surface area (Å²) in [6.07, 6.45) is 0. The summed E-state index contributed by atoms with van der Waals surface area (Å²) in [5.41, 5.74) is 1.23. The van der Waals surface area contributed by atoms with Crippen LogP contribution >= 0.6 is 0 Å². The van der Waals surface area contributed by atoms with Gasteiger partial charge in [-0.3, -0.25) is 14.5 Å². The monoisotopic (exact) mass is 473 g/mol. The van der Waals surface area contributed by atoms with Gasteiger partial charge >= 0.3 is 0 Å². The van der Waals surface area contributed by atoms with Crippen LogP contribution in [0.15, 0.2) is 72.3 Å². The number of aliphatic hydroxyl groups excluding tert-OH is 1. The van der Waals surface area contributed by atoms with E-state index in [0.717, 1.165) is 10.5 Å². The van der Waals surface area contributed by atoms with Crippen LogP contribution in [-0.4, -0.2) is 34.1 Å². The summed E-state index contributed by atoms with van der Waals surface area (Å²) in [5.74, 6) is -2.17. The van der Waals surface area contributed by atoms with Crippen molar-refractivity contribution in [3.05, 3.63) is 89.0 Å². The fourth-order valence-electron chi connectivity index (χ4n) is 4.26. The van der Waals surface area contributed by atoms with Crippen LogP contribution in [0.5, 0.6) is 17.2 Å². The van der Waals surface area contributed by atoms with E-state index in [4.69, 9.17) is 4.74 Å². The molecule has 0 bridgehead atoms. The van der Waals surface area contributed by atoms with Crippen LogP contribution in [0.2, 0.25) is 0 Å². The Morgan fingerprint density at radius 1 is 0.943 bits per heavy atom. The number of anilines is 1. The Kier molecular flexibility index (Phi) is 6.03. The third kappa shape index (κ3) is 4.21. The molecule has 1 amide bonds. The van der Waals surface area contributed by atoms with Gasteiger partial charge in [0.2, 0.25) is 0 Å². The van der Waals surface area contributed by atoms with E-state index in [9.17, 15) is 24.9 Å². The van der Waals surface area contributed by atoms with Crippen molar-refractivity contribution in [2.45, 2.75) is 32.2 Å². The van der Waals surface area contributed by atoms with E-state index in [1.165, 1.54) is 31.4 Å². The number of methoxy groups -OCH3 is 1. The molecule has 1 aliphatic rings. The number of phenolic OH excluding ortho intramolecular Hbond substituents is 2. The van der Waals surface area contributed by atoms with Crippen molar-refractivity contribution in [1.82, 2.24) is 0 Å². The number of hydrogen-bond donors (Lipinski definition) is 3. The molecule has 1 aliphatic heterocycles. The molecule has 0 radical (unpaired) electrons. The average molecular weight is 474 g/mol. The highest BCUT2D eigenvalue weighted by Gasteiger charge is 2.48. The number of Topliss-reactive ketones (excluding diaryl/α,β-unsaturated/α-hetero) is 1. The molecule has 1 unspecified atom stereocenters. The molecule has 1 fully saturated rings. The minimum absolute atomic E-state index is 0.0716. The Morgan fingerprint density at radius 3 is 2.29 bits per heavy atom. The van der Waals surface area contributed by atoms with Crippen molar-refractivity contribution < 1.29 is 29.6 Å². The Hall–Kier alpha value is -4.26. The molecule has 3 aromatic carbocycles. The number of hydrogen-bond acceptors (Lipinski definition) is 6. The summed E-state index contributed by atoms with van der Waals surface area (Å²) in [6.45, 7) is 6.05.